The zero-order valence-electron chi connectivity index (χ0n) is 9.60. The van der Waals surface area contributed by atoms with Crippen LogP contribution in [-0.4, -0.2) is 66.4 Å². The molecule has 92 valence electrons. The molecule has 0 aromatic heterocycles. The second kappa shape index (κ2) is 5.61. The van der Waals surface area contributed by atoms with Gasteiger partial charge in [0.25, 0.3) is 0 Å². The number of carboxylic acids is 1. The topological polar surface area (TPSA) is 53.0 Å². The predicted octanol–water partition coefficient (Wildman–Crippen LogP) is 0.215. The van der Waals surface area contributed by atoms with Crippen LogP contribution in [-0.2, 0) is 9.53 Å². The number of rotatable bonds is 3. The van der Waals surface area contributed by atoms with Gasteiger partial charge >= 0.3 is 5.97 Å². The summed E-state index contributed by atoms with van der Waals surface area (Å²) in [4.78, 5) is 15.5. The second-order valence-corrected chi connectivity index (χ2v) is 4.46. The van der Waals surface area contributed by atoms with Gasteiger partial charge in [-0.1, -0.05) is 6.42 Å². The average molecular weight is 228 g/mol. The van der Waals surface area contributed by atoms with Crippen LogP contribution in [0.3, 0.4) is 0 Å². The van der Waals surface area contributed by atoms with E-state index in [1.54, 1.807) is 0 Å². The number of hydrogen-bond donors (Lipinski definition) is 1. The lowest BCUT2D eigenvalue weighted by molar-refractivity contribution is -0.155. The molecule has 2 heterocycles. The van der Waals surface area contributed by atoms with Crippen LogP contribution in [0.15, 0.2) is 0 Å². The highest BCUT2D eigenvalue weighted by molar-refractivity contribution is 5.73. The van der Waals surface area contributed by atoms with E-state index in [0.29, 0.717) is 13.2 Å². The third-order valence-corrected chi connectivity index (χ3v) is 3.35. The minimum absolute atomic E-state index is 0.441. The Morgan fingerprint density at radius 1 is 1.00 bits per heavy atom. The number of carboxylic acid groups (broad SMARTS) is 1. The van der Waals surface area contributed by atoms with Crippen molar-refractivity contribution < 1.29 is 14.6 Å². The SMILES string of the molecule is O=C(O)C(N1CCCCC1)N1CCOCC1. The zero-order chi connectivity index (χ0) is 11.4. The minimum Gasteiger partial charge on any atom is -0.479 e. The van der Waals surface area contributed by atoms with Crippen molar-refractivity contribution in [3.63, 3.8) is 0 Å². The molecule has 0 aromatic rings. The van der Waals surface area contributed by atoms with E-state index in [-0.39, 0.29) is 0 Å². The van der Waals surface area contributed by atoms with Gasteiger partial charge in [0.2, 0.25) is 0 Å². The first kappa shape index (κ1) is 11.8. The van der Waals surface area contributed by atoms with E-state index in [2.05, 4.69) is 4.90 Å². The molecule has 2 aliphatic rings. The Morgan fingerprint density at radius 2 is 1.56 bits per heavy atom. The van der Waals surface area contributed by atoms with Crippen molar-refractivity contribution in [2.24, 2.45) is 0 Å². The molecule has 16 heavy (non-hydrogen) atoms. The summed E-state index contributed by atoms with van der Waals surface area (Å²) in [7, 11) is 0. The van der Waals surface area contributed by atoms with Crippen LogP contribution in [0.25, 0.3) is 0 Å². The van der Waals surface area contributed by atoms with Crippen LogP contribution in [0.2, 0.25) is 0 Å². The third kappa shape index (κ3) is 2.72. The Kier molecular flexibility index (Phi) is 4.15. The molecule has 1 N–H and O–H groups in total. The number of aliphatic carboxylic acids is 1. The Labute approximate surface area is 96.0 Å². The number of carbonyl (C=O) groups is 1. The van der Waals surface area contributed by atoms with Gasteiger partial charge in [-0.05, 0) is 12.8 Å². The first-order valence-electron chi connectivity index (χ1n) is 6.08. The first-order valence-corrected chi connectivity index (χ1v) is 6.08. The summed E-state index contributed by atoms with van der Waals surface area (Å²) < 4.78 is 5.26. The number of morpholine rings is 1. The van der Waals surface area contributed by atoms with Gasteiger partial charge in [0.05, 0.1) is 13.2 Å². The molecule has 5 nitrogen and oxygen atoms in total. The number of piperidine rings is 1. The maximum atomic E-state index is 11.4. The first-order chi connectivity index (χ1) is 7.79. The van der Waals surface area contributed by atoms with Gasteiger partial charge in [-0.2, -0.15) is 0 Å². The quantitative estimate of drug-likeness (QED) is 0.748. The smallest absolute Gasteiger partial charge is 0.336 e. The molecule has 5 heteroatoms. The second-order valence-electron chi connectivity index (χ2n) is 4.46. The van der Waals surface area contributed by atoms with Crippen molar-refractivity contribution >= 4 is 5.97 Å². The molecular weight excluding hydrogens is 208 g/mol. The molecule has 0 amide bonds. The molecular formula is C11H20N2O3. The van der Waals surface area contributed by atoms with Gasteiger partial charge in [-0.3, -0.25) is 9.80 Å². The summed E-state index contributed by atoms with van der Waals surface area (Å²) >= 11 is 0. The van der Waals surface area contributed by atoms with Crippen LogP contribution < -0.4 is 0 Å². The van der Waals surface area contributed by atoms with Crippen LogP contribution in [0.1, 0.15) is 19.3 Å². The van der Waals surface area contributed by atoms with Crippen molar-refractivity contribution in [2.45, 2.75) is 25.4 Å². The van der Waals surface area contributed by atoms with Crippen molar-refractivity contribution in [3.8, 4) is 0 Å². The highest BCUT2D eigenvalue weighted by Crippen LogP contribution is 2.16. The zero-order valence-corrected chi connectivity index (χ0v) is 9.60. The molecule has 2 aliphatic heterocycles. The molecule has 2 saturated heterocycles. The molecule has 0 spiro atoms. The molecule has 0 saturated carbocycles. The standard InChI is InChI=1S/C11H20N2O3/c14-11(15)10(12-4-2-1-3-5-12)13-6-8-16-9-7-13/h10H,1-9H2,(H,14,15). The van der Waals surface area contributed by atoms with Crippen molar-refractivity contribution in [3.05, 3.63) is 0 Å². The Morgan fingerprint density at radius 3 is 2.12 bits per heavy atom. The maximum Gasteiger partial charge on any atom is 0.336 e. The van der Waals surface area contributed by atoms with E-state index in [1.807, 2.05) is 4.90 Å². The van der Waals surface area contributed by atoms with E-state index < -0.39 is 12.1 Å². The summed E-state index contributed by atoms with van der Waals surface area (Å²) in [6.45, 7) is 4.58. The molecule has 1 atom stereocenters. The number of nitrogens with zero attached hydrogens (tertiary/aromatic N) is 2. The number of ether oxygens (including phenoxy) is 1. The minimum atomic E-state index is -0.719. The van der Waals surface area contributed by atoms with Gasteiger partial charge in [0.15, 0.2) is 6.17 Å². The Hall–Kier alpha value is -0.650. The van der Waals surface area contributed by atoms with Crippen molar-refractivity contribution in [1.29, 1.82) is 0 Å². The predicted molar refractivity (Wildman–Crippen MR) is 59.2 cm³/mol. The maximum absolute atomic E-state index is 11.4. The highest BCUT2D eigenvalue weighted by Gasteiger charge is 2.33. The van der Waals surface area contributed by atoms with Crippen molar-refractivity contribution in [2.75, 3.05) is 39.4 Å². The normalized spacial score (nSPS) is 26.5. The largest absolute Gasteiger partial charge is 0.479 e. The number of hydrogen-bond acceptors (Lipinski definition) is 4. The summed E-state index contributed by atoms with van der Waals surface area (Å²) in [6, 6.07) is 0. The fourth-order valence-corrected chi connectivity index (χ4v) is 2.53. The van der Waals surface area contributed by atoms with Crippen LogP contribution in [0.5, 0.6) is 0 Å². The van der Waals surface area contributed by atoms with Crippen LogP contribution >= 0.6 is 0 Å². The molecule has 0 aliphatic carbocycles. The fraction of sp³-hybridized carbons (Fsp3) is 0.909. The highest BCUT2D eigenvalue weighted by atomic mass is 16.5. The lowest BCUT2D eigenvalue weighted by Gasteiger charge is -2.40. The van der Waals surface area contributed by atoms with Crippen molar-refractivity contribution in [1.82, 2.24) is 9.80 Å². The summed E-state index contributed by atoms with van der Waals surface area (Å²) in [6.07, 6.45) is 3.03. The molecule has 2 fully saturated rings. The van der Waals surface area contributed by atoms with Crippen LogP contribution in [0.4, 0.5) is 0 Å². The van der Waals surface area contributed by atoms with Gasteiger partial charge in [0.1, 0.15) is 0 Å². The van der Waals surface area contributed by atoms with Gasteiger partial charge in [-0.15, -0.1) is 0 Å². The summed E-state index contributed by atoms with van der Waals surface area (Å²) in [5, 5.41) is 9.35. The molecule has 2 rings (SSSR count). The van der Waals surface area contributed by atoms with Gasteiger partial charge < -0.3 is 9.84 Å². The monoisotopic (exact) mass is 228 g/mol. The molecule has 1 unspecified atom stereocenters. The molecule has 0 radical (unpaired) electrons. The average Bonchev–Trinajstić information content (AvgIpc) is 2.31. The van der Waals surface area contributed by atoms with Gasteiger partial charge in [-0.25, -0.2) is 4.79 Å². The summed E-state index contributed by atoms with van der Waals surface area (Å²) in [5.41, 5.74) is 0. The molecule has 0 bridgehead atoms. The molecule has 0 aromatic carbocycles. The lowest BCUT2D eigenvalue weighted by atomic mass is 10.1. The van der Waals surface area contributed by atoms with E-state index >= 15 is 0 Å². The Bertz CT molecular complexity index is 217. The van der Waals surface area contributed by atoms with E-state index in [4.69, 9.17) is 4.74 Å². The van der Waals surface area contributed by atoms with E-state index in [9.17, 15) is 9.90 Å². The van der Waals surface area contributed by atoms with Gasteiger partial charge in [0, 0.05) is 26.2 Å². The fourth-order valence-electron chi connectivity index (χ4n) is 2.53. The lowest BCUT2D eigenvalue weighted by Crippen LogP contribution is -2.57. The van der Waals surface area contributed by atoms with E-state index in [1.165, 1.54) is 6.42 Å². The summed E-state index contributed by atoms with van der Waals surface area (Å²) in [5.74, 6) is -0.719. The van der Waals surface area contributed by atoms with E-state index in [0.717, 1.165) is 39.0 Å². The number of likely N-dealkylation sites (tertiary alicyclic amines) is 1. The van der Waals surface area contributed by atoms with Crippen LogP contribution in [0, 0.1) is 0 Å². The Balaban J connectivity index is 1.99. The third-order valence-electron chi connectivity index (χ3n) is 3.35.